The minimum absolute atomic E-state index is 0.140. The van der Waals surface area contributed by atoms with E-state index in [0.29, 0.717) is 12.1 Å². The van der Waals surface area contributed by atoms with Gasteiger partial charge in [-0.15, -0.1) is 0 Å². The van der Waals surface area contributed by atoms with Crippen molar-refractivity contribution in [3.05, 3.63) is 35.6 Å². The summed E-state index contributed by atoms with van der Waals surface area (Å²) in [5.41, 5.74) is 0.129. The summed E-state index contributed by atoms with van der Waals surface area (Å²) >= 11 is 0. The van der Waals surface area contributed by atoms with Gasteiger partial charge >= 0.3 is 0 Å². The van der Waals surface area contributed by atoms with Gasteiger partial charge in [0.2, 0.25) is 5.91 Å². The summed E-state index contributed by atoms with van der Waals surface area (Å²) < 4.78 is 14.0. The van der Waals surface area contributed by atoms with Crippen LogP contribution < -0.4 is 5.32 Å². The van der Waals surface area contributed by atoms with E-state index in [-0.39, 0.29) is 17.9 Å². The zero-order valence-corrected chi connectivity index (χ0v) is 11.2. The fourth-order valence-corrected chi connectivity index (χ4v) is 3.40. The highest BCUT2D eigenvalue weighted by Crippen LogP contribution is 2.41. The molecule has 1 saturated heterocycles. The van der Waals surface area contributed by atoms with Gasteiger partial charge in [-0.3, -0.25) is 10.1 Å². The van der Waals surface area contributed by atoms with Gasteiger partial charge < -0.3 is 4.90 Å². The summed E-state index contributed by atoms with van der Waals surface area (Å²) in [5, 5.41) is 3.41. The third kappa shape index (κ3) is 1.86. The highest BCUT2D eigenvalue weighted by atomic mass is 19.1. The second-order valence-corrected chi connectivity index (χ2v) is 5.45. The molecule has 1 N–H and O–H groups in total. The second kappa shape index (κ2) is 4.60. The van der Waals surface area contributed by atoms with Crippen LogP contribution in [0.15, 0.2) is 24.3 Å². The van der Waals surface area contributed by atoms with Gasteiger partial charge in [0.1, 0.15) is 12.0 Å². The number of nitrogens with zero attached hydrogens (tertiary/aromatic N) is 1. The highest BCUT2D eigenvalue weighted by Gasteiger charge is 2.52. The van der Waals surface area contributed by atoms with E-state index in [1.807, 2.05) is 13.0 Å². The molecule has 1 aromatic rings. The maximum absolute atomic E-state index is 14.0. The maximum atomic E-state index is 14.0. The van der Waals surface area contributed by atoms with Crippen molar-refractivity contribution < 1.29 is 9.18 Å². The molecular weight excluding hydrogens is 243 g/mol. The molecule has 1 heterocycles. The van der Waals surface area contributed by atoms with E-state index in [2.05, 4.69) is 5.32 Å². The lowest BCUT2D eigenvalue weighted by Gasteiger charge is -2.23. The molecule has 1 aromatic carbocycles. The number of hydrogen-bond acceptors (Lipinski definition) is 2. The topological polar surface area (TPSA) is 32.3 Å². The fourth-order valence-electron chi connectivity index (χ4n) is 3.40. The smallest absolute Gasteiger partial charge is 0.244 e. The zero-order valence-electron chi connectivity index (χ0n) is 11.2. The van der Waals surface area contributed by atoms with E-state index >= 15 is 0 Å². The molecule has 2 fully saturated rings. The molecule has 0 aromatic heterocycles. The third-order valence-electron chi connectivity index (χ3n) is 4.39. The SMILES string of the molecule is CCN1C(=O)C2(CCCC2)NC1c1ccccc1F. The lowest BCUT2D eigenvalue weighted by molar-refractivity contribution is -0.133. The molecule has 3 rings (SSSR count). The van der Waals surface area contributed by atoms with Crippen LogP contribution >= 0.6 is 0 Å². The number of halogens is 1. The van der Waals surface area contributed by atoms with E-state index < -0.39 is 5.54 Å². The van der Waals surface area contributed by atoms with Crippen LogP contribution in [0.3, 0.4) is 0 Å². The van der Waals surface area contributed by atoms with Crippen LogP contribution in [0.2, 0.25) is 0 Å². The van der Waals surface area contributed by atoms with Crippen LogP contribution in [0, 0.1) is 5.82 Å². The van der Waals surface area contributed by atoms with E-state index in [4.69, 9.17) is 0 Å². The summed E-state index contributed by atoms with van der Waals surface area (Å²) in [5.74, 6) is -0.109. The molecule has 1 aliphatic heterocycles. The van der Waals surface area contributed by atoms with Crippen molar-refractivity contribution >= 4 is 5.91 Å². The highest BCUT2D eigenvalue weighted by molar-refractivity contribution is 5.89. The van der Waals surface area contributed by atoms with Crippen molar-refractivity contribution in [1.29, 1.82) is 0 Å². The molecule has 1 saturated carbocycles. The number of amides is 1. The lowest BCUT2D eigenvalue weighted by Crippen LogP contribution is -2.44. The van der Waals surface area contributed by atoms with Gasteiger partial charge in [-0.1, -0.05) is 31.0 Å². The number of carbonyl (C=O) groups excluding carboxylic acids is 1. The van der Waals surface area contributed by atoms with E-state index in [0.717, 1.165) is 25.7 Å². The van der Waals surface area contributed by atoms with Crippen molar-refractivity contribution in [2.75, 3.05) is 6.54 Å². The fraction of sp³-hybridized carbons (Fsp3) is 0.533. The second-order valence-electron chi connectivity index (χ2n) is 5.45. The number of likely N-dealkylation sites (N-methyl/N-ethyl adjacent to an activating group) is 1. The molecule has 1 unspecified atom stereocenters. The predicted molar refractivity (Wildman–Crippen MR) is 70.9 cm³/mol. The molecule has 1 amide bonds. The Bertz CT molecular complexity index is 497. The molecule has 4 heteroatoms. The Balaban J connectivity index is 1.98. The van der Waals surface area contributed by atoms with Crippen LogP contribution in [0.5, 0.6) is 0 Å². The molecule has 0 bridgehead atoms. The Kier molecular flexibility index (Phi) is 3.05. The first-order chi connectivity index (χ1) is 9.18. The summed E-state index contributed by atoms with van der Waals surface area (Å²) in [4.78, 5) is 14.4. The van der Waals surface area contributed by atoms with Crippen LogP contribution in [0.1, 0.15) is 44.3 Å². The number of nitrogens with one attached hydrogen (secondary N) is 1. The van der Waals surface area contributed by atoms with Crippen molar-refractivity contribution in [3.63, 3.8) is 0 Å². The standard InChI is InChI=1S/C15H19FN2O/c1-2-18-13(11-7-3-4-8-12(11)16)17-15(14(18)19)9-5-6-10-15/h3-4,7-8,13,17H,2,5-6,9-10H2,1H3. The minimum Gasteiger partial charge on any atom is -0.321 e. The van der Waals surface area contributed by atoms with Crippen LogP contribution in [-0.4, -0.2) is 22.9 Å². The van der Waals surface area contributed by atoms with Crippen LogP contribution in [0.4, 0.5) is 4.39 Å². The van der Waals surface area contributed by atoms with Gasteiger partial charge in [0, 0.05) is 12.1 Å². The van der Waals surface area contributed by atoms with E-state index in [1.165, 1.54) is 6.07 Å². The molecule has 0 radical (unpaired) electrons. The Morgan fingerprint density at radius 1 is 1.37 bits per heavy atom. The van der Waals surface area contributed by atoms with Crippen molar-refractivity contribution in [2.45, 2.75) is 44.3 Å². The number of carbonyl (C=O) groups is 1. The average molecular weight is 262 g/mol. The van der Waals surface area contributed by atoms with Crippen LogP contribution in [-0.2, 0) is 4.79 Å². The third-order valence-corrected chi connectivity index (χ3v) is 4.39. The van der Waals surface area contributed by atoms with Gasteiger partial charge in [-0.25, -0.2) is 4.39 Å². The largest absolute Gasteiger partial charge is 0.321 e. The van der Waals surface area contributed by atoms with Crippen molar-refractivity contribution in [1.82, 2.24) is 10.2 Å². The first-order valence-corrected chi connectivity index (χ1v) is 7.01. The molecular formula is C15H19FN2O. The van der Waals surface area contributed by atoms with Crippen LogP contribution in [0.25, 0.3) is 0 Å². The number of hydrogen-bond donors (Lipinski definition) is 1. The Labute approximate surface area is 112 Å². The van der Waals surface area contributed by atoms with Crippen molar-refractivity contribution in [3.8, 4) is 0 Å². The Morgan fingerprint density at radius 3 is 2.68 bits per heavy atom. The molecule has 1 spiro atoms. The monoisotopic (exact) mass is 262 g/mol. The lowest BCUT2D eigenvalue weighted by atomic mass is 9.98. The van der Waals surface area contributed by atoms with Crippen molar-refractivity contribution in [2.24, 2.45) is 0 Å². The summed E-state index contributed by atoms with van der Waals surface area (Å²) in [6.07, 6.45) is 3.55. The van der Waals surface area contributed by atoms with Gasteiger partial charge in [-0.2, -0.15) is 0 Å². The summed E-state index contributed by atoms with van der Waals surface area (Å²) in [7, 11) is 0. The van der Waals surface area contributed by atoms with E-state index in [1.54, 1.807) is 17.0 Å². The normalized spacial score (nSPS) is 25.5. The molecule has 3 nitrogen and oxygen atoms in total. The van der Waals surface area contributed by atoms with Gasteiger partial charge in [-0.05, 0) is 25.8 Å². The maximum Gasteiger partial charge on any atom is 0.244 e. The molecule has 102 valence electrons. The van der Waals surface area contributed by atoms with Gasteiger partial charge in [0.05, 0.1) is 5.54 Å². The summed E-state index contributed by atoms with van der Waals surface area (Å²) in [6.45, 7) is 2.55. The first-order valence-electron chi connectivity index (χ1n) is 7.01. The molecule has 19 heavy (non-hydrogen) atoms. The molecule has 2 aliphatic rings. The Morgan fingerprint density at radius 2 is 2.05 bits per heavy atom. The van der Waals surface area contributed by atoms with Gasteiger partial charge in [0.25, 0.3) is 0 Å². The average Bonchev–Trinajstić information content (AvgIpc) is 2.98. The Hall–Kier alpha value is -1.42. The number of rotatable bonds is 2. The van der Waals surface area contributed by atoms with Gasteiger partial charge in [0.15, 0.2) is 0 Å². The molecule has 1 atom stereocenters. The minimum atomic E-state index is -0.442. The first kappa shape index (κ1) is 12.6. The number of benzene rings is 1. The predicted octanol–water partition coefficient (Wildman–Crippen LogP) is 2.59. The molecule has 1 aliphatic carbocycles. The van der Waals surface area contributed by atoms with E-state index in [9.17, 15) is 9.18 Å². The summed E-state index contributed by atoms with van der Waals surface area (Å²) in [6, 6.07) is 6.71. The zero-order chi connectivity index (χ0) is 13.5. The quantitative estimate of drug-likeness (QED) is 0.888.